The Morgan fingerprint density at radius 2 is 2.04 bits per heavy atom. The van der Waals surface area contributed by atoms with E-state index < -0.39 is 6.61 Å². The highest BCUT2D eigenvalue weighted by atomic mass is 19.3. The van der Waals surface area contributed by atoms with Crippen molar-refractivity contribution in [2.24, 2.45) is 5.92 Å². The summed E-state index contributed by atoms with van der Waals surface area (Å²) >= 11 is 0. The average molecular weight is 341 g/mol. The van der Waals surface area contributed by atoms with Crippen molar-refractivity contribution >= 4 is 11.6 Å². The molecule has 0 spiro atoms. The van der Waals surface area contributed by atoms with E-state index in [2.05, 4.69) is 20.3 Å². The predicted octanol–water partition coefficient (Wildman–Crippen LogP) is 2.55. The van der Waals surface area contributed by atoms with E-state index in [1.165, 1.54) is 6.07 Å². The molecule has 1 fully saturated rings. The van der Waals surface area contributed by atoms with Gasteiger partial charge >= 0.3 is 6.61 Å². The molecule has 1 heterocycles. The van der Waals surface area contributed by atoms with Crippen molar-refractivity contribution in [2.45, 2.75) is 25.9 Å². The quantitative estimate of drug-likeness (QED) is 0.763. The van der Waals surface area contributed by atoms with Gasteiger partial charge in [0.2, 0.25) is 5.91 Å². The second kappa shape index (κ2) is 9.54. The Kier molecular flexibility index (Phi) is 7.39. The Morgan fingerprint density at radius 1 is 1.33 bits per heavy atom. The number of piperidine rings is 1. The summed E-state index contributed by atoms with van der Waals surface area (Å²) in [4.78, 5) is 14.3. The van der Waals surface area contributed by atoms with Crippen molar-refractivity contribution in [2.75, 3.05) is 38.5 Å². The van der Waals surface area contributed by atoms with Crippen LogP contribution in [0.2, 0.25) is 0 Å². The third kappa shape index (κ3) is 6.05. The SMILES string of the molecule is CNCCC1CCN(CC(=O)Nc2ccccc2OC(F)F)CC1. The van der Waals surface area contributed by atoms with Crippen LogP contribution in [0.15, 0.2) is 24.3 Å². The average Bonchev–Trinajstić information content (AvgIpc) is 2.55. The number of carbonyl (C=O) groups excluding carboxylic acids is 1. The summed E-state index contributed by atoms with van der Waals surface area (Å²) in [6.45, 7) is 0.140. The van der Waals surface area contributed by atoms with Gasteiger partial charge in [0.25, 0.3) is 0 Å². The summed E-state index contributed by atoms with van der Waals surface area (Å²) in [5.41, 5.74) is 0.270. The lowest BCUT2D eigenvalue weighted by atomic mass is 9.93. The molecular formula is C17H25F2N3O2. The van der Waals surface area contributed by atoms with Gasteiger partial charge in [0.05, 0.1) is 12.2 Å². The molecule has 0 radical (unpaired) electrons. The number of alkyl halides is 2. The molecule has 0 aromatic heterocycles. The maximum Gasteiger partial charge on any atom is 0.387 e. The van der Waals surface area contributed by atoms with Crippen LogP contribution in [0.3, 0.4) is 0 Å². The molecule has 1 aliphatic heterocycles. The van der Waals surface area contributed by atoms with Crippen molar-refractivity contribution in [1.82, 2.24) is 10.2 Å². The van der Waals surface area contributed by atoms with Crippen molar-refractivity contribution in [3.8, 4) is 5.75 Å². The second-order valence-electron chi connectivity index (χ2n) is 6.03. The Hall–Kier alpha value is -1.73. The number of anilines is 1. The Bertz CT molecular complexity index is 520. The van der Waals surface area contributed by atoms with E-state index in [-0.39, 0.29) is 23.9 Å². The number of hydrogen-bond donors (Lipinski definition) is 2. The van der Waals surface area contributed by atoms with Crippen LogP contribution in [0.4, 0.5) is 14.5 Å². The lowest BCUT2D eigenvalue weighted by Crippen LogP contribution is -2.39. The molecule has 0 aliphatic carbocycles. The van der Waals surface area contributed by atoms with Gasteiger partial charge in [-0.15, -0.1) is 0 Å². The zero-order valence-corrected chi connectivity index (χ0v) is 13.9. The van der Waals surface area contributed by atoms with Gasteiger partial charge in [0, 0.05) is 0 Å². The zero-order valence-electron chi connectivity index (χ0n) is 13.9. The summed E-state index contributed by atoms with van der Waals surface area (Å²) in [5.74, 6) is 0.470. The monoisotopic (exact) mass is 341 g/mol. The van der Waals surface area contributed by atoms with Gasteiger partial charge in [-0.25, -0.2) is 0 Å². The molecule has 7 heteroatoms. The topological polar surface area (TPSA) is 53.6 Å². The molecule has 0 saturated carbocycles. The van der Waals surface area contributed by atoms with Crippen LogP contribution in [-0.2, 0) is 4.79 Å². The number of nitrogens with one attached hydrogen (secondary N) is 2. The van der Waals surface area contributed by atoms with Crippen LogP contribution in [-0.4, -0.2) is 50.6 Å². The van der Waals surface area contributed by atoms with Crippen LogP contribution in [0.1, 0.15) is 19.3 Å². The van der Waals surface area contributed by atoms with Gasteiger partial charge in [-0.3, -0.25) is 9.69 Å². The first-order valence-electron chi connectivity index (χ1n) is 8.29. The fourth-order valence-electron chi connectivity index (χ4n) is 2.94. The molecule has 24 heavy (non-hydrogen) atoms. The van der Waals surface area contributed by atoms with Crippen molar-refractivity contribution in [3.63, 3.8) is 0 Å². The van der Waals surface area contributed by atoms with Crippen LogP contribution in [0.25, 0.3) is 0 Å². The number of nitrogens with zero attached hydrogens (tertiary/aromatic N) is 1. The number of likely N-dealkylation sites (tertiary alicyclic amines) is 1. The van der Waals surface area contributed by atoms with E-state index in [0.29, 0.717) is 5.92 Å². The van der Waals surface area contributed by atoms with Gasteiger partial charge in [0.15, 0.2) is 0 Å². The van der Waals surface area contributed by atoms with Crippen molar-refractivity contribution < 1.29 is 18.3 Å². The van der Waals surface area contributed by atoms with Crippen molar-refractivity contribution in [1.29, 1.82) is 0 Å². The lowest BCUT2D eigenvalue weighted by molar-refractivity contribution is -0.117. The predicted molar refractivity (Wildman–Crippen MR) is 89.4 cm³/mol. The van der Waals surface area contributed by atoms with E-state index in [0.717, 1.165) is 38.9 Å². The zero-order chi connectivity index (χ0) is 17.4. The van der Waals surface area contributed by atoms with Crippen LogP contribution >= 0.6 is 0 Å². The van der Waals surface area contributed by atoms with Gasteiger partial charge in [-0.05, 0) is 64.0 Å². The first-order chi connectivity index (χ1) is 11.6. The smallest absolute Gasteiger partial charge is 0.387 e. The summed E-state index contributed by atoms with van der Waals surface area (Å²) in [7, 11) is 1.95. The van der Waals surface area contributed by atoms with Gasteiger partial charge in [0.1, 0.15) is 5.75 Å². The second-order valence-corrected chi connectivity index (χ2v) is 6.03. The summed E-state index contributed by atoms with van der Waals surface area (Å²) in [5, 5.41) is 5.82. The highest BCUT2D eigenvalue weighted by Gasteiger charge is 2.21. The molecule has 0 atom stereocenters. The van der Waals surface area contributed by atoms with E-state index in [1.54, 1.807) is 18.2 Å². The number of hydrogen-bond acceptors (Lipinski definition) is 4. The number of para-hydroxylation sites is 2. The molecule has 1 aromatic rings. The highest BCUT2D eigenvalue weighted by Crippen LogP contribution is 2.25. The third-order valence-corrected chi connectivity index (χ3v) is 4.25. The minimum Gasteiger partial charge on any atom is -0.433 e. The number of carbonyl (C=O) groups is 1. The molecule has 1 aliphatic rings. The van der Waals surface area contributed by atoms with Crippen LogP contribution in [0.5, 0.6) is 5.75 Å². The molecule has 1 saturated heterocycles. The van der Waals surface area contributed by atoms with Gasteiger partial charge in [-0.2, -0.15) is 8.78 Å². The Morgan fingerprint density at radius 3 is 2.71 bits per heavy atom. The number of ether oxygens (including phenoxy) is 1. The molecule has 0 unspecified atom stereocenters. The molecule has 1 aromatic carbocycles. The number of halogens is 2. The van der Waals surface area contributed by atoms with E-state index in [9.17, 15) is 13.6 Å². The maximum absolute atomic E-state index is 12.4. The number of amides is 1. The summed E-state index contributed by atoms with van der Waals surface area (Å²) < 4.78 is 29.2. The molecule has 2 N–H and O–H groups in total. The molecule has 2 rings (SSSR count). The molecule has 5 nitrogen and oxygen atoms in total. The molecule has 134 valence electrons. The van der Waals surface area contributed by atoms with Crippen molar-refractivity contribution in [3.05, 3.63) is 24.3 Å². The van der Waals surface area contributed by atoms with Gasteiger partial charge in [-0.1, -0.05) is 12.1 Å². The van der Waals surface area contributed by atoms with E-state index in [4.69, 9.17) is 0 Å². The normalized spacial score (nSPS) is 16.3. The Balaban J connectivity index is 1.80. The molecular weight excluding hydrogens is 316 g/mol. The van der Waals surface area contributed by atoms with Crippen LogP contribution in [0, 0.1) is 5.92 Å². The first kappa shape index (κ1) is 18.6. The number of benzene rings is 1. The van der Waals surface area contributed by atoms with Gasteiger partial charge < -0.3 is 15.4 Å². The largest absolute Gasteiger partial charge is 0.433 e. The number of rotatable bonds is 8. The standard InChI is InChI=1S/C17H25F2N3O2/c1-20-9-6-13-7-10-22(11-8-13)12-16(23)21-14-4-2-3-5-15(14)24-17(18)19/h2-5,13,17,20H,6-12H2,1H3,(H,21,23). The highest BCUT2D eigenvalue weighted by molar-refractivity contribution is 5.93. The fraction of sp³-hybridized carbons (Fsp3) is 0.588. The third-order valence-electron chi connectivity index (χ3n) is 4.25. The van der Waals surface area contributed by atoms with E-state index >= 15 is 0 Å². The first-order valence-corrected chi connectivity index (χ1v) is 8.29. The minimum atomic E-state index is -2.92. The van der Waals surface area contributed by atoms with Crippen LogP contribution < -0.4 is 15.4 Å². The lowest BCUT2D eigenvalue weighted by Gasteiger charge is -2.31. The summed E-state index contributed by atoms with van der Waals surface area (Å²) in [6.07, 6.45) is 3.33. The minimum absolute atomic E-state index is 0.0216. The fourth-order valence-corrected chi connectivity index (χ4v) is 2.94. The molecule has 1 amide bonds. The molecule has 0 bridgehead atoms. The summed E-state index contributed by atoms with van der Waals surface area (Å²) in [6, 6.07) is 6.22. The Labute approximate surface area is 141 Å². The maximum atomic E-state index is 12.4. The van der Waals surface area contributed by atoms with E-state index in [1.807, 2.05) is 7.05 Å².